The number of methoxy groups -OCH3 is 1. The second kappa shape index (κ2) is 10.7. The van der Waals surface area contributed by atoms with Crippen molar-refractivity contribution in [1.29, 1.82) is 0 Å². The van der Waals surface area contributed by atoms with Crippen molar-refractivity contribution in [3.05, 3.63) is 83.5 Å². The number of aryl methyl sites for hydroxylation is 1. The molecule has 0 N–H and O–H groups in total. The number of piperidine rings is 1. The number of aromatic nitrogens is 2. The number of ether oxygens (including phenoxy) is 1. The maximum atomic E-state index is 14.2. The van der Waals surface area contributed by atoms with Gasteiger partial charge in [0.2, 0.25) is 0 Å². The van der Waals surface area contributed by atoms with Crippen molar-refractivity contribution in [3.8, 4) is 11.4 Å². The molecule has 1 saturated heterocycles. The lowest BCUT2D eigenvalue weighted by molar-refractivity contribution is 0.143. The number of nitrogens with zero attached hydrogens (tertiary/aromatic N) is 4. The SMILES string of the molecule is C=C(C=C(F)C(F)=CC)C1CCON=C2C(=Cc3ccc(-n4cnc(C)c4)c(OC)c3)CCCN21. The van der Waals surface area contributed by atoms with Gasteiger partial charge in [0.1, 0.15) is 12.4 Å². The molecule has 1 aromatic carbocycles. The van der Waals surface area contributed by atoms with Gasteiger partial charge in [0.15, 0.2) is 17.5 Å². The van der Waals surface area contributed by atoms with Crippen molar-refractivity contribution in [2.45, 2.75) is 39.2 Å². The summed E-state index contributed by atoms with van der Waals surface area (Å²) in [7, 11) is 1.64. The minimum atomic E-state index is -0.922. The Labute approximate surface area is 204 Å². The van der Waals surface area contributed by atoms with Gasteiger partial charge in [-0.1, -0.05) is 17.8 Å². The van der Waals surface area contributed by atoms with Crippen LogP contribution in [0.5, 0.6) is 5.75 Å². The molecule has 1 aromatic heterocycles. The maximum Gasteiger partial charge on any atom is 0.171 e. The van der Waals surface area contributed by atoms with Gasteiger partial charge in [-0.15, -0.1) is 0 Å². The summed E-state index contributed by atoms with van der Waals surface area (Å²) in [5, 5.41) is 4.39. The number of imidazole rings is 1. The van der Waals surface area contributed by atoms with Crippen LogP contribution in [0.4, 0.5) is 8.78 Å². The zero-order chi connectivity index (χ0) is 24.9. The van der Waals surface area contributed by atoms with Gasteiger partial charge in [-0.3, -0.25) is 0 Å². The Morgan fingerprint density at radius 1 is 1.29 bits per heavy atom. The number of benzene rings is 1. The Morgan fingerprint density at radius 2 is 2.11 bits per heavy atom. The summed E-state index contributed by atoms with van der Waals surface area (Å²) in [6.07, 6.45) is 10.3. The predicted molar refractivity (Wildman–Crippen MR) is 134 cm³/mol. The Hall–Kier alpha value is -3.68. The van der Waals surface area contributed by atoms with E-state index >= 15 is 0 Å². The smallest absolute Gasteiger partial charge is 0.171 e. The van der Waals surface area contributed by atoms with E-state index in [9.17, 15) is 8.78 Å². The van der Waals surface area contributed by atoms with Crippen LogP contribution in [-0.2, 0) is 4.84 Å². The van der Waals surface area contributed by atoms with Gasteiger partial charge < -0.3 is 19.0 Å². The normalized spacial score (nSPS) is 20.1. The van der Waals surface area contributed by atoms with E-state index in [1.165, 1.54) is 13.0 Å². The van der Waals surface area contributed by atoms with Crippen molar-refractivity contribution >= 4 is 11.9 Å². The van der Waals surface area contributed by atoms with E-state index in [0.717, 1.165) is 53.7 Å². The van der Waals surface area contributed by atoms with Gasteiger partial charge in [0, 0.05) is 19.2 Å². The summed E-state index contributed by atoms with van der Waals surface area (Å²) in [4.78, 5) is 11.9. The topological polar surface area (TPSA) is 51.9 Å². The molecule has 35 heavy (non-hydrogen) atoms. The molecule has 3 heterocycles. The number of rotatable bonds is 6. The average molecular weight is 481 g/mol. The first-order valence-electron chi connectivity index (χ1n) is 11.7. The van der Waals surface area contributed by atoms with Crippen molar-refractivity contribution in [2.24, 2.45) is 5.16 Å². The third-order valence-electron chi connectivity index (χ3n) is 6.17. The van der Waals surface area contributed by atoms with E-state index in [-0.39, 0.29) is 6.04 Å². The first-order chi connectivity index (χ1) is 16.9. The quantitative estimate of drug-likeness (QED) is 0.472. The molecule has 1 fully saturated rings. The van der Waals surface area contributed by atoms with Gasteiger partial charge in [-0.05, 0) is 73.8 Å². The number of amidine groups is 1. The minimum Gasteiger partial charge on any atom is -0.495 e. The molecular formula is C27H30F2N4O2. The fourth-order valence-electron chi connectivity index (χ4n) is 4.42. The monoisotopic (exact) mass is 480 g/mol. The van der Waals surface area contributed by atoms with E-state index in [1.807, 2.05) is 35.9 Å². The van der Waals surface area contributed by atoms with E-state index < -0.39 is 11.7 Å². The van der Waals surface area contributed by atoms with Crippen LogP contribution in [0, 0.1) is 6.92 Å². The van der Waals surface area contributed by atoms with Crippen LogP contribution >= 0.6 is 0 Å². The van der Waals surface area contributed by atoms with Crippen LogP contribution in [0.15, 0.2) is 77.4 Å². The second-order valence-electron chi connectivity index (χ2n) is 8.58. The zero-order valence-corrected chi connectivity index (χ0v) is 20.3. The molecule has 1 atom stereocenters. The first-order valence-corrected chi connectivity index (χ1v) is 11.7. The van der Waals surface area contributed by atoms with Crippen LogP contribution in [0.1, 0.15) is 37.4 Å². The minimum absolute atomic E-state index is 0.239. The average Bonchev–Trinajstić information content (AvgIpc) is 3.17. The zero-order valence-electron chi connectivity index (χ0n) is 20.3. The molecule has 0 radical (unpaired) electrons. The predicted octanol–water partition coefficient (Wildman–Crippen LogP) is 6.05. The van der Waals surface area contributed by atoms with E-state index in [0.29, 0.717) is 24.4 Å². The molecule has 2 aliphatic heterocycles. The molecule has 2 aromatic rings. The van der Waals surface area contributed by atoms with Gasteiger partial charge in [0.25, 0.3) is 0 Å². The van der Waals surface area contributed by atoms with Crippen LogP contribution < -0.4 is 4.74 Å². The summed E-state index contributed by atoms with van der Waals surface area (Å²) in [5.74, 6) is -0.392. The van der Waals surface area contributed by atoms with Crippen molar-refractivity contribution < 1.29 is 18.4 Å². The van der Waals surface area contributed by atoms with E-state index in [4.69, 9.17) is 9.57 Å². The van der Waals surface area contributed by atoms with Crippen LogP contribution in [0.2, 0.25) is 0 Å². The standard InChI is InChI=1S/C27H30F2N4O2/c1-5-22(28)23(29)13-18(2)24-10-12-35-31-27-21(7-6-11-33(24)27)14-20-8-9-25(26(15-20)34-4)32-16-19(3)30-17-32/h5,8-9,13-17,24H,2,6-7,10-12H2,1,3-4H3. The highest BCUT2D eigenvalue weighted by Crippen LogP contribution is 2.31. The van der Waals surface area contributed by atoms with Crippen LogP contribution in [0.3, 0.4) is 0 Å². The van der Waals surface area contributed by atoms with Crippen molar-refractivity contribution in [3.63, 3.8) is 0 Å². The molecule has 0 bridgehead atoms. The van der Waals surface area contributed by atoms with Gasteiger partial charge in [-0.2, -0.15) is 0 Å². The lowest BCUT2D eigenvalue weighted by Gasteiger charge is -2.36. The highest BCUT2D eigenvalue weighted by Gasteiger charge is 2.31. The van der Waals surface area contributed by atoms with E-state index in [1.54, 1.807) is 13.4 Å². The third kappa shape index (κ3) is 5.37. The van der Waals surface area contributed by atoms with Gasteiger partial charge in [-0.25, -0.2) is 13.8 Å². The fourth-order valence-corrected chi connectivity index (χ4v) is 4.42. The molecule has 4 rings (SSSR count). The lowest BCUT2D eigenvalue weighted by Crippen LogP contribution is -2.44. The number of hydrogen-bond acceptors (Lipinski definition) is 5. The first kappa shape index (κ1) is 24.4. The molecule has 184 valence electrons. The molecule has 1 unspecified atom stereocenters. The third-order valence-corrected chi connectivity index (χ3v) is 6.17. The lowest BCUT2D eigenvalue weighted by atomic mass is 9.95. The molecule has 0 amide bonds. The molecule has 2 aliphatic rings. The summed E-state index contributed by atoms with van der Waals surface area (Å²) >= 11 is 0. The Balaban J connectivity index is 1.63. The number of allylic oxidation sites excluding steroid dienone is 3. The summed E-state index contributed by atoms with van der Waals surface area (Å²) in [6.45, 7) is 8.52. The molecule has 0 spiro atoms. The van der Waals surface area contributed by atoms with Crippen LogP contribution in [-0.4, -0.2) is 46.6 Å². The molecular weight excluding hydrogens is 450 g/mol. The second-order valence-corrected chi connectivity index (χ2v) is 8.58. The van der Waals surface area contributed by atoms with Crippen molar-refractivity contribution in [1.82, 2.24) is 14.5 Å². The summed E-state index contributed by atoms with van der Waals surface area (Å²) < 4.78 is 35.4. The summed E-state index contributed by atoms with van der Waals surface area (Å²) in [5.41, 5.74) is 4.28. The van der Waals surface area contributed by atoms with E-state index in [2.05, 4.69) is 27.7 Å². The molecule has 6 nitrogen and oxygen atoms in total. The van der Waals surface area contributed by atoms with Crippen LogP contribution in [0.25, 0.3) is 11.8 Å². The largest absolute Gasteiger partial charge is 0.495 e. The number of hydrogen-bond donors (Lipinski definition) is 0. The highest BCUT2D eigenvalue weighted by atomic mass is 19.2. The maximum absolute atomic E-state index is 14.2. The fraction of sp³-hybridized carbons (Fsp3) is 0.333. The highest BCUT2D eigenvalue weighted by molar-refractivity contribution is 6.03. The molecule has 0 aliphatic carbocycles. The number of halogens is 2. The number of fused-ring (bicyclic) bond motifs is 1. The Bertz CT molecular complexity index is 1230. The van der Waals surface area contributed by atoms with Gasteiger partial charge >= 0.3 is 0 Å². The molecule has 8 heteroatoms. The Kier molecular flexibility index (Phi) is 7.48. The Morgan fingerprint density at radius 3 is 2.83 bits per heavy atom. The van der Waals surface area contributed by atoms with Crippen molar-refractivity contribution in [2.75, 3.05) is 20.3 Å². The summed E-state index contributed by atoms with van der Waals surface area (Å²) in [6, 6.07) is 5.75. The van der Waals surface area contributed by atoms with Gasteiger partial charge in [0.05, 0.1) is 30.9 Å². The number of oxime groups is 1. The molecule has 0 saturated carbocycles.